The number of hydrogen-bond acceptors (Lipinski definition) is 4. The van der Waals surface area contributed by atoms with E-state index < -0.39 is 0 Å². The molecule has 1 aliphatic rings. The minimum Gasteiger partial charge on any atom is -0.504 e. The lowest BCUT2D eigenvalue weighted by molar-refractivity contribution is -0.125. The Morgan fingerprint density at radius 3 is 2.77 bits per heavy atom. The molecule has 1 aromatic rings. The van der Waals surface area contributed by atoms with Crippen LogP contribution in [0.3, 0.4) is 0 Å². The average molecular weight is 300 g/mol. The Kier molecular flexibility index (Phi) is 5.53. The molecule has 22 heavy (non-hydrogen) atoms. The van der Waals surface area contributed by atoms with Crippen molar-refractivity contribution >= 4 is 11.6 Å². The molecule has 0 fully saturated rings. The zero-order valence-electron chi connectivity index (χ0n) is 12.7. The van der Waals surface area contributed by atoms with Crippen LogP contribution in [-0.2, 0) is 16.0 Å². The Hall–Kier alpha value is -2.36. The fourth-order valence-corrected chi connectivity index (χ4v) is 2.35. The number of phenols is 1. The van der Waals surface area contributed by atoms with Crippen molar-refractivity contribution in [2.45, 2.75) is 32.1 Å². The number of methoxy groups -OCH3 is 1. The zero-order chi connectivity index (χ0) is 15.9. The minimum absolute atomic E-state index is 0.0502. The van der Waals surface area contributed by atoms with E-state index in [1.54, 1.807) is 24.3 Å². The van der Waals surface area contributed by atoms with E-state index in [9.17, 15) is 14.7 Å². The van der Waals surface area contributed by atoms with Crippen LogP contribution in [0, 0.1) is 0 Å². The first kappa shape index (κ1) is 16.0. The van der Waals surface area contributed by atoms with Gasteiger partial charge in [-0.25, -0.2) is 0 Å². The van der Waals surface area contributed by atoms with Gasteiger partial charge in [0.05, 0.1) is 13.5 Å². The Balaban J connectivity index is 1.86. The largest absolute Gasteiger partial charge is 0.504 e. The van der Waals surface area contributed by atoms with Gasteiger partial charge in [-0.05, 0) is 37.0 Å². The molecule has 0 heterocycles. The van der Waals surface area contributed by atoms with Gasteiger partial charge >= 0.3 is 0 Å². The molecule has 1 aliphatic carbocycles. The molecule has 2 rings (SSSR count). The highest BCUT2D eigenvalue weighted by molar-refractivity contribution is 6.09. The standard InChI is InChI=1S/C18H20O4/c1-22-18-11-13(8-10-16(18)20)7-9-15(19)12-17(21)14-5-3-2-4-6-14/h3,5-6,8,10-11,20H,2,4,7,9,12H2,1H3. The number of benzene rings is 1. The van der Waals surface area contributed by atoms with Crippen molar-refractivity contribution in [3.05, 3.63) is 47.6 Å². The molecule has 0 spiro atoms. The molecule has 0 radical (unpaired) electrons. The van der Waals surface area contributed by atoms with Gasteiger partial charge in [0.25, 0.3) is 0 Å². The number of Topliss-reactive ketones (excluding diaryl/α,β-unsaturated/α-hetero) is 2. The van der Waals surface area contributed by atoms with Crippen molar-refractivity contribution in [3.8, 4) is 11.5 Å². The van der Waals surface area contributed by atoms with E-state index in [1.807, 2.05) is 12.2 Å². The van der Waals surface area contributed by atoms with Crippen LogP contribution < -0.4 is 4.74 Å². The summed E-state index contributed by atoms with van der Waals surface area (Å²) in [6.07, 6.45) is 8.23. The number of hydrogen-bond donors (Lipinski definition) is 1. The van der Waals surface area contributed by atoms with Crippen molar-refractivity contribution in [2.24, 2.45) is 0 Å². The molecular formula is C18H20O4. The molecule has 1 N–H and O–H groups in total. The third kappa shape index (κ3) is 4.32. The summed E-state index contributed by atoms with van der Waals surface area (Å²) >= 11 is 0. The van der Waals surface area contributed by atoms with Crippen LogP contribution in [0.5, 0.6) is 11.5 Å². The van der Waals surface area contributed by atoms with Gasteiger partial charge in [-0.3, -0.25) is 9.59 Å². The van der Waals surface area contributed by atoms with Gasteiger partial charge in [0, 0.05) is 12.0 Å². The molecular weight excluding hydrogens is 280 g/mol. The Labute approximate surface area is 130 Å². The highest BCUT2D eigenvalue weighted by atomic mass is 16.5. The van der Waals surface area contributed by atoms with Crippen molar-refractivity contribution in [1.82, 2.24) is 0 Å². The smallest absolute Gasteiger partial charge is 0.169 e. The molecule has 0 saturated carbocycles. The predicted molar refractivity (Wildman–Crippen MR) is 84.1 cm³/mol. The summed E-state index contributed by atoms with van der Waals surface area (Å²) in [5.41, 5.74) is 1.54. The molecule has 0 saturated heterocycles. The van der Waals surface area contributed by atoms with Gasteiger partial charge in [-0.2, -0.15) is 0 Å². The number of carbonyl (C=O) groups is 2. The number of allylic oxidation sites excluding steroid dienone is 4. The number of aryl methyl sites for hydroxylation is 1. The zero-order valence-corrected chi connectivity index (χ0v) is 12.7. The lowest BCUT2D eigenvalue weighted by Crippen LogP contribution is -2.11. The van der Waals surface area contributed by atoms with E-state index in [-0.39, 0.29) is 23.7 Å². The van der Waals surface area contributed by atoms with Gasteiger partial charge < -0.3 is 9.84 Å². The molecule has 0 aromatic heterocycles. The molecule has 0 atom stereocenters. The predicted octanol–water partition coefficient (Wildman–Crippen LogP) is 3.14. The van der Waals surface area contributed by atoms with Crippen molar-refractivity contribution < 1.29 is 19.4 Å². The van der Waals surface area contributed by atoms with Crippen LogP contribution in [0.4, 0.5) is 0 Å². The summed E-state index contributed by atoms with van der Waals surface area (Å²) in [5, 5.41) is 9.53. The lowest BCUT2D eigenvalue weighted by atomic mass is 9.98. The first-order valence-corrected chi connectivity index (χ1v) is 7.37. The second-order valence-electron chi connectivity index (χ2n) is 5.28. The summed E-state index contributed by atoms with van der Waals surface area (Å²) < 4.78 is 5.03. The highest BCUT2D eigenvalue weighted by Crippen LogP contribution is 2.26. The topological polar surface area (TPSA) is 63.6 Å². The van der Waals surface area contributed by atoms with Crippen molar-refractivity contribution in [1.29, 1.82) is 0 Å². The van der Waals surface area contributed by atoms with Crippen LogP contribution >= 0.6 is 0 Å². The third-order valence-corrected chi connectivity index (χ3v) is 3.61. The van der Waals surface area contributed by atoms with E-state index in [1.165, 1.54) is 7.11 Å². The molecule has 0 aliphatic heterocycles. The quantitative estimate of drug-likeness (QED) is 0.786. The molecule has 1 aromatic carbocycles. The number of aromatic hydroxyl groups is 1. The Morgan fingerprint density at radius 1 is 1.27 bits per heavy atom. The summed E-state index contributed by atoms with van der Waals surface area (Å²) in [4.78, 5) is 23.9. The number of ketones is 2. The third-order valence-electron chi connectivity index (χ3n) is 3.61. The van der Waals surface area contributed by atoms with E-state index in [4.69, 9.17) is 4.74 Å². The Bertz CT molecular complexity index is 626. The Morgan fingerprint density at radius 2 is 2.09 bits per heavy atom. The molecule has 4 nitrogen and oxygen atoms in total. The first-order chi connectivity index (χ1) is 10.6. The molecule has 4 heteroatoms. The molecule has 0 amide bonds. The second kappa shape index (κ2) is 7.59. The van der Waals surface area contributed by atoms with E-state index >= 15 is 0 Å². The SMILES string of the molecule is COc1cc(CCC(=O)CC(=O)C2=CCCC=C2)ccc1O. The second-order valence-corrected chi connectivity index (χ2v) is 5.28. The fourth-order valence-electron chi connectivity index (χ4n) is 2.35. The number of ether oxygens (including phenoxy) is 1. The molecule has 0 unspecified atom stereocenters. The average Bonchev–Trinajstić information content (AvgIpc) is 2.55. The van der Waals surface area contributed by atoms with Crippen molar-refractivity contribution in [3.63, 3.8) is 0 Å². The fraction of sp³-hybridized carbons (Fsp3) is 0.333. The highest BCUT2D eigenvalue weighted by Gasteiger charge is 2.14. The first-order valence-electron chi connectivity index (χ1n) is 7.37. The van der Waals surface area contributed by atoms with Crippen molar-refractivity contribution in [2.75, 3.05) is 7.11 Å². The summed E-state index contributed by atoms with van der Waals surface area (Å²) in [6.45, 7) is 0. The van der Waals surface area contributed by atoms with E-state index in [0.29, 0.717) is 24.2 Å². The molecule has 0 bridgehead atoms. The van der Waals surface area contributed by atoms with Gasteiger partial charge in [0.15, 0.2) is 17.3 Å². The van der Waals surface area contributed by atoms with E-state index in [0.717, 1.165) is 18.4 Å². The number of phenolic OH excluding ortho intramolecular Hbond substituents is 1. The summed E-state index contributed by atoms with van der Waals surface area (Å²) in [7, 11) is 1.48. The van der Waals surface area contributed by atoms with Crippen LogP contribution in [0.2, 0.25) is 0 Å². The monoisotopic (exact) mass is 300 g/mol. The number of rotatable bonds is 7. The maximum absolute atomic E-state index is 12.0. The van der Waals surface area contributed by atoms with E-state index in [2.05, 4.69) is 0 Å². The van der Waals surface area contributed by atoms with Gasteiger partial charge in [-0.15, -0.1) is 0 Å². The van der Waals surface area contributed by atoms with Crippen LogP contribution in [0.1, 0.15) is 31.2 Å². The van der Waals surface area contributed by atoms with Gasteiger partial charge in [-0.1, -0.05) is 24.3 Å². The lowest BCUT2D eigenvalue weighted by Gasteiger charge is -2.07. The van der Waals surface area contributed by atoms with Crippen LogP contribution in [0.25, 0.3) is 0 Å². The minimum atomic E-state index is -0.107. The van der Waals surface area contributed by atoms with Crippen LogP contribution in [-0.4, -0.2) is 23.8 Å². The van der Waals surface area contributed by atoms with Gasteiger partial charge in [0.1, 0.15) is 5.78 Å². The van der Waals surface area contributed by atoms with Crippen LogP contribution in [0.15, 0.2) is 42.0 Å². The summed E-state index contributed by atoms with van der Waals surface area (Å²) in [5.74, 6) is 0.281. The number of carbonyl (C=O) groups excluding carboxylic acids is 2. The maximum atomic E-state index is 12.0. The summed E-state index contributed by atoms with van der Waals surface area (Å²) in [6, 6.07) is 5.00. The normalized spacial score (nSPS) is 13.6. The van der Waals surface area contributed by atoms with Gasteiger partial charge in [0.2, 0.25) is 0 Å². The molecule has 116 valence electrons. The maximum Gasteiger partial charge on any atom is 0.169 e.